The number of hydrogen-bond acceptors (Lipinski definition) is 5. The zero-order valence-corrected chi connectivity index (χ0v) is 15.1. The van der Waals surface area contributed by atoms with E-state index in [1.807, 2.05) is 23.6 Å². The lowest BCUT2D eigenvalue weighted by Gasteiger charge is -2.35. The van der Waals surface area contributed by atoms with Crippen LogP contribution in [-0.2, 0) is 11.3 Å². The van der Waals surface area contributed by atoms with E-state index in [1.54, 1.807) is 0 Å². The fourth-order valence-electron chi connectivity index (χ4n) is 3.60. The summed E-state index contributed by atoms with van der Waals surface area (Å²) in [4.78, 5) is 12.4. The average Bonchev–Trinajstić information content (AvgIpc) is 3.27. The maximum atomic E-state index is 5.80. The Kier molecular flexibility index (Phi) is 4.83. The summed E-state index contributed by atoms with van der Waals surface area (Å²) < 4.78 is 5.80. The third-order valence-electron chi connectivity index (χ3n) is 4.96. The van der Waals surface area contributed by atoms with Crippen LogP contribution in [0.25, 0.3) is 0 Å². The number of nitrogens with zero attached hydrogens (tertiary/aromatic N) is 3. The smallest absolute Gasteiger partial charge is 0.131 e. The second kappa shape index (κ2) is 7.21. The van der Waals surface area contributed by atoms with E-state index in [9.17, 15) is 0 Å². The van der Waals surface area contributed by atoms with Crippen molar-refractivity contribution in [1.82, 2.24) is 9.88 Å². The van der Waals surface area contributed by atoms with Gasteiger partial charge in [0.2, 0.25) is 0 Å². The summed E-state index contributed by atoms with van der Waals surface area (Å²) >= 11 is 1.93. The molecular formula is C19H25N3OS. The zero-order valence-electron chi connectivity index (χ0n) is 14.3. The molecule has 2 fully saturated rings. The first kappa shape index (κ1) is 16.1. The molecule has 4 rings (SSSR count). The number of pyridine rings is 1. The van der Waals surface area contributed by atoms with E-state index < -0.39 is 0 Å². The van der Waals surface area contributed by atoms with Gasteiger partial charge in [-0.3, -0.25) is 4.90 Å². The first-order valence-corrected chi connectivity index (χ1v) is 9.70. The maximum Gasteiger partial charge on any atom is 0.131 e. The summed E-state index contributed by atoms with van der Waals surface area (Å²) in [5.74, 6) is 1.15. The SMILES string of the molecule is Cc1cccnc1N1CCN(Cc2ccc([C@H]3CCCO3)s2)CC1. The first-order chi connectivity index (χ1) is 11.8. The number of ether oxygens (including phenoxy) is 1. The monoisotopic (exact) mass is 343 g/mol. The van der Waals surface area contributed by atoms with Crippen LogP contribution in [0.2, 0.25) is 0 Å². The largest absolute Gasteiger partial charge is 0.373 e. The molecule has 0 bridgehead atoms. The molecule has 2 aromatic rings. The van der Waals surface area contributed by atoms with Gasteiger partial charge in [-0.2, -0.15) is 0 Å². The quantitative estimate of drug-likeness (QED) is 0.848. The predicted molar refractivity (Wildman–Crippen MR) is 98.7 cm³/mol. The van der Waals surface area contributed by atoms with Crippen LogP contribution in [0.3, 0.4) is 0 Å². The minimum atomic E-state index is 0.354. The Bertz CT molecular complexity index is 673. The zero-order chi connectivity index (χ0) is 16.4. The van der Waals surface area contributed by atoms with Crippen LogP contribution in [0.15, 0.2) is 30.5 Å². The topological polar surface area (TPSA) is 28.6 Å². The lowest BCUT2D eigenvalue weighted by Crippen LogP contribution is -2.46. The lowest BCUT2D eigenvalue weighted by molar-refractivity contribution is 0.114. The van der Waals surface area contributed by atoms with Crippen molar-refractivity contribution in [3.8, 4) is 0 Å². The Labute approximate surface area is 148 Å². The molecule has 24 heavy (non-hydrogen) atoms. The lowest BCUT2D eigenvalue weighted by atomic mass is 10.2. The van der Waals surface area contributed by atoms with Gasteiger partial charge in [0.15, 0.2) is 0 Å². The van der Waals surface area contributed by atoms with E-state index in [0.717, 1.165) is 45.1 Å². The number of piperazine rings is 1. The molecule has 0 unspecified atom stereocenters. The summed E-state index contributed by atoms with van der Waals surface area (Å²) in [6, 6.07) is 8.71. The van der Waals surface area contributed by atoms with Gasteiger partial charge in [-0.05, 0) is 43.5 Å². The Morgan fingerprint density at radius 3 is 2.83 bits per heavy atom. The summed E-state index contributed by atoms with van der Waals surface area (Å²) in [7, 11) is 0. The Hall–Kier alpha value is -1.43. The Morgan fingerprint density at radius 1 is 1.21 bits per heavy atom. The fraction of sp³-hybridized carbons (Fsp3) is 0.526. The Morgan fingerprint density at radius 2 is 2.08 bits per heavy atom. The summed E-state index contributed by atoms with van der Waals surface area (Å²) in [6.45, 7) is 8.45. The fourth-order valence-corrected chi connectivity index (χ4v) is 4.74. The molecule has 2 aliphatic heterocycles. The molecule has 4 heterocycles. The molecule has 0 radical (unpaired) electrons. The van der Waals surface area contributed by atoms with Crippen molar-refractivity contribution < 1.29 is 4.74 Å². The molecule has 0 N–H and O–H groups in total. The van der Waals surface area contributed by atoms with Gasteiger partial charge < -0.3 is 9.64 Å². The number of aromatic nitrogens is 1. The molecule has 128 valence electrons. The molecule has 2 aromatic heterocycles. The van der Waals surface area contributed by atoms with Crippen molar-refractivity contribution in [3.63, 3.8) is 0 Å². The van der Waals surface area contributed by atoms with Gasteiger partial charge in [-0.1, -0.05) is 6.07 Å². The van der Waals surface area contributed by atoms with E-state index in [1.165, 1.54) is 28.2 Å². The third-order valence-corrected chi connectivity index (χ3v) is 6.12. The van der Waals surface area contributed by atoms with Crippen molar-refractivity contribution in [1.29, 1.82) is 0 Å². The maximum absolute atomic E-state index is 5.80. The van der Waals surface area contributed by atoms with Gasteiger partial charge in [-0.25, -0.2) is 4.98 Å². The van der Waals surface area contributed by atoms with E-state index in [0.29, 0.717) is 6.10 Å². The number of rotatable bonds is 4. The molecule has 1 atom stereocenters. The number of thiophene rings is 1. The van der Waals surface area contributed by atoms with Crippen LogP contribution in [0.1, 0.15) is 34.3 Å². The third kappa shape index (κ3) is 3.48. The molecule has 0 spiro atoms. The highest BCUT2D eigenvalue weighted by atomic mass is 32.1. The second-order valence-corrected chi connectivity index (χ2v) is 7.91. The molecule has 2 aliphatic rings. The minimum Gasteiger partial charge on any atom is -0.373 e. The molecular weight excluding hydrogens is 318 g/mol. The molecule has 0 saturated carbocycles. The van der Waals surface area contributed by atoms with Gasteiger partial charge in [0.25, 0.3) is 0 Å². The molecule has 2 saturated heterocycles. The highest BCUT2D eigenvalue weighted by Gasteiger charge is 2.22. The molecule has 0 aliphatic carbocycles. The number of aryl methyl sites for hydroxylation is 1. The predicted octanol–water partition coefficient (Wildman–Crippen LogP) is 3.63. The second-order valence-electron chi connectivity index (χ2n) is 6.71. The number of anilines is 1. The van der Waals surface area contributed by atoms with Crippen molar-refractivity contribution in [3.05, 3.63) is 45.8 Å². The number of hydrogen-bond donors (Lipinski definition) is 0. The van der Waals surface area contributed by atoms with Gasteiger partial charge in [0, 0.05) is 55.3 Å². The minimum absolute atomic E-state index is 0.354. The van der Waals surface area contributed by atoms with Crippen molar-refractivity contribution in [2.45, 2.75) is 32.4 Å². The standard InChI is InChI=1S/C19H25N3OS/c1-15-4-2-8-20-19(15)22-11-9-21(10-12-22)14-16-6-7-18(24-16)17-5-3-13-23-17/h2,4,6-8,17H,3,5,9-14H2,1H3/t17-/m1/s1. The highest BCUT2D eigenvalue weighted by molar-refractivity contribution is 7.12. The van der Waals surface area contributed by atoms with Crippen molar-refractivity contribution in [2.75, 3.05) is 37.7 Å². The van der Waals surface area contributed by atoms with Gasteiger partial charge in [0.05, 0.1) is 6.10 Å². The van der Waals surface area contributed by atoms with Crippen molar-refractivity contribution in [2.24, 2.45) is 0 Å². The van der Waals surface area contributed by atoms with E-state index >= 15 is 0 Å². The summed E-state index contributed by atoms with van der Waals surface area (Å²) in [6.07, 6.45) is 4.63. The Balaban J connectivity index is 1.32. The highest BCUT2D eigenvalue weighted by Crippen LogP contribution is 2.33. The van der Waals surface area contributed by atoms with E-state index in [-0.39, 0.29) is 0 Å². The average molecular weight is 343 g/mol. The summed E-state index contributed by atoms with van der Waals surface area (Å²) in [5, 5.41) is 0. The normalized spacial score (nSPS) is 22.2. The van der Waals surface area contributed by atoms with Crippen LogP contribution < -0.4 is 4.90 Å². The van der Waals surface area contributed by atoms with Crippen LogP contribution in [-0.4, -0.2) is 42.7 Å². The van der Waals surface area contributed by atoms with Gasteiger partial charge >= 0.3 is 0 Å². The van der Waals surface area contributed by atoms with E-state index in [4.69, 9.17) is 4.74 Å². The van der Waals surface area contributed by atoms with Gasteiger partial charge in [-0.15, -0.1) is 11.3 Å². The molecule has 5 heteroatoms. The van der Waals surface area contributed by atoms with Gasteiger partial charge in [0.1, 0.15) is 5.82 Å². The summed E-state index contributed by atoms with van der Waals surface area (Å²) in [5.41, 5.74) is 1.27. The van der Waals surface area contributed by atoms with Crippen LogP contribution in [0.4, 0.5) is 5.82 Å². The van der Waals surface area contributed by atoms with Crippen LogP contribution >= 0.6 is 11.3 Å². The molecule has 0 aromatic carbocycles. The molecule has 0 amide bonds. The first-order valence-electron chi connectivity index (χ1n) is 8.89. The van der Waals surface area contributed by atoms with E-state index in [2.05, 4.69) is 39.9 Å². The van der Waals surface area contributed by atoms with Crippen molar-refractivity contribution >= 4 is 17.2 Å². The van der Waals surface area contributed by atoms with Crippen LogP contribution in [0.5, 0.6) is 0 Å². The van der Waals surface area contributed by atoms with Crippen LogP contribution in [0, 0.1) is 6.92 Å². The molecule has 4 nitrogen and oxygen atoms in total.